The summed E-state index contributed by atoms with van der Waals surface area (Å²) in [4.78, 5) is 27.2. The zero-order chi connectivity index (χ0) is 24.9. The first-order valence-electron chi connectivity index (χ1n) is 10.4. The van der Waals surface area contributed by atoms with Crippen molar-refractivity contribution in [1.29, 1.82) is 0 Å². The number of hydrogen-bond acceptors (Lipinski definition) is 4. The lowest BCUT2D eigenvalue weighted by atomic mass is 10.1. The molecule has 2 rings (SSSR count). The normalized spacial score (nSPS) is 12.4. The number of aryl methyl sites for hydroxylation is 1. The topological polar surface area (TPSA) is 86.8 Å². The van der Waals surface area contributed by atoms with Crippen LogP contribution in [0.2, 0.25) is 5.02 Å². The molecule has 0 radical (unpaired) electrons. The molecule has 2 amide bonds. The molecular formula is C23H29ClFN3O4S. The molecule has 0 aliphatic carbocycles. The Kier molecular flexibility index (Phi) is 8.85. The van der Waals surface area contributed by atoms with Gasteiger partial charge in [-0.15, -0.1) is 0 Å². The number of nitrogens with zero attached hydrogens (tertiary/aromatic N) is 2. The number of sulfonamides is 1. The maximum atomic E-state index is 14.3. The highest BCUT2D eigenvalue weighted by molar-refractivity contribution is 7.92. The quantitative estimate of drug-likeness (QED) is 0.574. The second kappa shape index (κ2) is 11.0. The van der Waals surface area contributed by atoms with Gasteiger partial charge in [0, 0.05) is 23.2 Å². The van der Waals surface area contributed by atoms with Gasteiger partial charge in [-0.05, 0) is 51.5 Å². The van der Waals surface area contributed by atoms with Crippen LogP contribution in [0, 0.1) is 12.7 Å². The molecule has 0 heterocycles. The van der Waals surface area contributed by atoms with E-state index in [4.69, 9.17) is 11.6 Å². The first-order valence-corrected chi connectivity index (χ1v) is 12.6. The van der Waals surface area contributed by atoms with Crippen LogP contribution in [-0.2, 0) is 26.2 Å². The van der Waals surface area contributed by atoms with E-state index in [9.17, 15) is 22.4 Å². The molecule has 0 aliphatic heterocycles. The van der Waals surface area contributed by atoms with Crippen molar-refractivity contribution in [2.45, 2.75) is 46.3 Å². The molecule has 180 valence electrons. The van der Waals surface area contributed by atoms with E-state index in [0.717, 1.165) is 16.1 Å². The Balaban J connectivity index is 2.43. The molecule has 7 nitrogen and oxygen atoms in total. The molecule has 0 aromatic heterocycles. The number of amides is 2. The van der Waals surface area contributed by atoms with Crippen LogP contribution in [0.25, 0.3) is 0 Å². The monoisotopic (exact) mass is 497 g/mol. The highest BCUT2D eigenvalue weighted by Crippen LogP contribution is 2.25. The van der Waals surface area contributed by atoms with Crippen LogP contribution < -0.4 is 9.62 Å². The summed E-state index contributed by atoms with van der Waals surface area (Å²) in [5.41, 5.74) is 1.17. The molecule has 0 bridgehead atoms. The summed E-state index contributed by atoms with van der Waals surface area (Å²) in [6, 6.07) is 9.42. The van der Waals surface area contributed by atoms with E-state index >= 15 is 0 Å². The van der Waals surface area contributed by atoms with Crippen molar-refractivity contribution < 1.29 is 22.4 Å². The van der Waals surface area contributed by atoms with Crippen molar-refractivity contribution in [2.24, 2.45) is 0 Å². The minimum absolute atomic E-state index is 0.174. The van der Waals surface area contributed by atoms with E-state index in [1.807, 2.05) is 0 Å². The third-order valence-corrected chi connectivity index (χ3v) is 6.57. The molecule has 0 unspecified atom stereocenters. The van der Waals surface area contributed by atoms with E-state index in [-0.39, 0.29) is 23.8 Å². The van der Waals surface area contributed by atoms with Crippen LogP contribution in [0.3, 0.4) is 0 Å². The summed E-state index contributed by atoms with van der Waals surface area (Å²) >= 11 is 6.16. The van der Waals surface area contributed by atoms with Crippen molar-refractivity contribution in [1.82, 2.24) is 10.2 Å². The Hall–Kier alpha value is -2.65. The Labute approximate surface area is 199 Å². The highest BCUT2D eigenvalue weighted by atomic mass is 35.5. The van der Waals surface area contributed by atoms with Crippen molar-refractivity contribution in [3.63, 3.8) is 0 Å². The van der Waals surface area contributed by atoms with E-state index in [0.29, 0.717) is 5.02 Å². The molecule has 2 aromatic rings. The van der Waals surface area contributed by atoms with Crippen molar-refractivity contribution in [3.8, 4) is 0 Å². The fourth-order valence-corrected chi connectivity index (χ4v) is 4.16. The molecule has 10 heteroatoms. The van der Waals surface area contributed by atoms with Gasteiger partial charge in [-0.25, -0.2) is 12.8 Å². The largest absolute Gasteiger partial charge is 0.352 e. The molecule has 0 aliphatic rings. The SMILES string of the molecule is Cc1ccc(N(CC(=O)N(Cc2ccccc2F)[C@H](C)C(=O)NC(C)C)S(C)(=O)=O)cc1Cl. The number of rotatable bonds is 9. The molecule has 2 aromatic carbocycles. The van der Waals surface area contributed by atoms with Gasteiger partial charge in [0.2, 0.25) is 21.8 Å². The second-order valence-corrected chi connectivity index (χ2v) is 10.5. The van der Waals surface area contributed by atoms with Gasteiger partial charge in [0.25, 0.3) is 0 Å². The lowest BCUT2D eigenvalue weighted by Gasteiger charge is -2.32. The molecule has 0 saturated heterocycles. The third kappa shape index (κ3) is 7.17. The first-order chi connectivity index (χ1) is 15.3. The summed E-state index contributed by atoms with van der Waals surface area (Å²) in [6.45, 7) is 6.06. The van der Waals surface area contributed by atoms with Gasteiger partial charge in [0.15, 0.2) is 0 Å². The first kappa shape index (κ1) is 26.6. The summed E-state index contributed by atoms with van der Waals surface area (Å²) in [7, 11) is -3.87. The van der Waals surface area contributed by atoms with Crippen LogP contribution in [0.4, 0.5) is 10.1 Å². The van der Waals surface area contributed by atoms with Gasteiger partial charge < -0.3 is 10.2 Å². The average Bonchev–Trinajstić information content (AvgIpc) is 2.71. The molecule has 0 saturated carbocycles. The zero-order valence-electron chi connectivity index (χ0n) is 19.3. The summed E-state index contributed by atoms with van der Waals surface area (Å²) < 4.78 is 40.3. The Morgan fingerprint density at radius 3 is 2.30 bits per heavy atom. The molecule has 1 atom stereocenters. The molecule has 1 N–H and O–H groups in total. The number of carbonyl (C=O) groups is 2. The van der Waals surface area contributed by atoms with Crippen LogP contribution in [-0.4, -0.2) is 50.0 Å². The van der Waals surface area contributed by atoms with Gasteiger partial charge in [-0.2, -0.15) is 0 Å². The molecule has 33 heavy (non-hydrogen) atoms. The minimum Gasteiger partial charge on any atom is -0.352 e. The fourth-order valence-electron chi connectivity index (χ4n) is 3.15. The van der Waals surface area contributed by atoms with Crippen LogP contribution in [0.1, 0.15) is 31.9 Å². The predicted molar refractivity (Wildman–Crippen MR) is 128 cm³/mol. The van der Waals surface area contributed by atoms with E-state index in [1.165, 1.54) is 36.1 Å². The van der Waals surface area contributed by atoms with Crippen LogP contribution in [0.15, 0.2) is 42.5 Å². The summed E-state index contributed by atoms with van der Waals surface area (Å²) in [6.07, 6.45) is 0.976. The summed E-state index contributed by atoms with van der Waals surface area (Å²) in [5, 5.41) is 3.08. The Morgan fingerprint density at radius 1 is 1.12 bits per heavy atom. The van der Waals surface area contributed by atoms with Gasteiger partial charge in [-0.3, -0.25) is 13.9 Å². The lowest BCUT2D eigenvalue weighted by molar-refractivity contribution is -0.139. The highest BCUT2D eigenvalue weighted by Gasteiger charge is 2.30. The van der Waals surface area contributed by atoms with Crippen molar-refractivity contribution >= 4 is 39.1 Å². The molecule has 0 fully saturated rings. The summed E-state index contributed by atoms with van der Waals surface area (Å²) in [5.74, 6) is -1.62. The zero-order valence-corrected chi connectivity index (χ0v) is 20.9. The number of anilines is 1. The standard InChI is InChI=1S/C23H29ClFN3O4S/c1-15(2)26-23(30)17(4)27(13-18-8-6-7-9-21(18)25)22(29)14-28(33(5,31)32)19-11-10-16(3)20(24)12-19/h6-12,15,17H,13-14H2,1-5H3,(H,26,30)/t17-/m1/s1. The maximum absolute atomic E-state index is 14.3. The smallest absolute Gasteiger partial charge is 0.244 e. The predicted octanol–water partition coefficient (Wildman–Crippen LogP) is 3.50. The Morgan fingerprint density at radius 2 is 1.76 bits per heavy atom. The van der Waals surface area contributed by atoms with Gasteiger partial charge in [-0.1, -0.05) is 35.9 Å². The number of carbonyl (C=O) groups excluding carboxylic acids is 2. The average molecular weight is 498 g/mol. The van der Waals surface area contributed by atoms with Crippen LogP contribution in [0.5, 0.6) is 0 Å². The van der Waals surface area contributed by atoms with Gasteiger partial charge >= 0.3 is 0 Å². The minimum atomic E-state index is -3.87. The van der Waals surface area contributed by atoms with Gasteiger partial charge in [0.1, 0.15) is 18.4 Å². The Bertz CT molecular complexity index is 1120. The van der Waals surface area contributed by atoms with Crippen LogP contribution >= 0.6 is 11.6 Å². The van der Waals surface area contributed by atoms with Crippen molar-refractivity contribution in [3.05, 3.63) is 64.4 Å². The van der Waals surface area contributed by atoms with Gasteiger partial charge in [0.05, 0.1) is 11.9 Å². The maximum Gasteiger partial charge on any atom is 0.244 e. The number of halogens is 2. The number of nitrogens with one attached hydrogen (secondary N) is 1. The van der Waals surface area contributed by atoms with Crippen molar-refractivity contribution in [2.75, 3.05) is 17.1 Å². The fraction of sp³-hybridized carbons (Fsp3) is 0.391. The third-order valence-electron chi connectivity index (χ3n) is 5.02. The van der Waals surface area contributed by atoms with E-state index < -0.39 is 40.2 Å². The number of hydrogen-bond donors (Lipinski definition) is 1. The molecule has 0 spiro atoms. The number of benzene rings is 2. The van der Waals surface area contributed by atoms with E-state index in [1.54, 1.807) is 39.0 Å². The lowest BCUT2D eigenvalue weighted by Crippen LogP contribution is -2.52. The second-order valence-electron chi connectivity index (χ2n) is 8.16. The van der Waals surface area contributed by atoms with E-state index in [2.05, 4.69) is 5.32 Å². The molecular weight excluding hydrogens is 469 g/mol.